The molecule has 0 atom stereocenters. The molecule has 0 bridgehead atoms. The molecule has 0 saturated carbocycles. The van der Waals surface area contributed by atoms with E-state index in [9.17, 15) is 0 Å². The quantitative estimate of drug-likeness (QED) is 0.831. The summed E-state index contributed by atoms with van der Waals surface area (Å²) < 4.78 is 1.97. The van der Waals surface area contributed by atoms with Crippen LogP contribution >= 0.6 is 35.6 Å². The van der Waals surface area contributed by atoms with Crippen LogP contribution in [-0.2, 0) is 13.1 Å². The van der Waals surface area contributed by atoms with E-state index in [4.69, 9.17) is 29.6 Å². The second-order valence-electron chi connectivity index (χ2n) is 5.50. The van der Waals surface area contributed by atoms with Gasteiger partial charge in [-0.15, -0.1) is 0 Å². The maximum Gasteiger partial charge on any atom is 0.0891 e. The van der Waals surface area contributed by atoms with Crippen molar-refractivity contribution < 1.29 is 0 Å². The van der Waals surface area contributed by atoms with Crippen molar-refractivity contribution in [2.75, 3.05) is 19.3 Å². The molecule has 2 N–H and O–H groups in total. The Morgan fingerprint density at radius 3 is 2.57 bits per heavy atom. The van der Waals surface area contributed by atoms with Crippen LogP contribution in [0.25, 0.3) is 0 Å². The summed E-state index contributed by atoms with van der Waals surface area (Å²) in [6.07, 6.45) is 4.10. The second-order valence-corrected chi connectivity index (χ2v) is 7.51. The van der Waals surface area contributed by atoms with Crippen molar-refractivity contribution in [3.63, 3.8) is 0 Å². The van der Waals surface area contributed by atoms with E-state index in [1.54, 1.807) is 11.8 Å². The lowest BCUT2D eigenvalue weighted by atomic mass is 9.95. The normalized spacial score (nSPS) is 18.9. The Morgan fingerprint density at radius 1 is 1.48 bits per heavy atom. The number of rotatable bonds is 5. The first-order valence-corrected chi connectivity index (χ1v) is 9.24. The minimum absolute atomic E-state index is 0.0312. The van der Waals surface area contributed by atoms with Crippen LogP contribution in [0.3, 0.4) is 0 Å². The van der Waals surface area contributed by atoms with Gasteiger partial charge in [-0.2, -0.15) is 16.9 Å². The Kier molecular flexibility index (Phi) is 5.57. The number of thiocarbonyl (C=S) groups is 1. The summed E-state index contributed by atoms with van der Waals surface area (Å²) in [5, 5.41) is 5.28. The predicted molar refractivity (Wildman–Crippen MR) is 95.2 cm³/mol. The van der Waals surface area contributed by atoms with Crippen molar-refractivity contribution in [3.8, 4) is 0 Å². The number of piperidine rings is 1. The Bertz CT molecular complexity index is 521. The fourth-order valence-electron chi connectivity index (χ4n) is 2.86. The van der Waals surface area contributed by atoms with Crippen LogP contribution in [0, 0.1) is 6.92 Å². The molecule has 1 fully saturated rings. The molecule has 21 heavy (non-hydrogen) atoms. The van der Waals surface area contributed by atoms with Crippen molar-refractivity contribution in [1.82, 2.24) is 14.7 Å². The zero-order chi connectivity index (χ0) is 15.6. The molecule has 0 unspecified atom stereocenters. The summed E-state index contributed by atoms with van der Waals surface area (Å²) >= 11 is 13.4. The van der Waals surface area contributed by atoms with Crippen LogP contribution in [0.2, 0.25) is 5.02 Å². The number of thioether (sulfide) groups is 1. The van der Waals surface area contributed by atoms with E-state index in [1.807, 2.05) is 11.6 Å². The molecular weight excluding hydrogens is 324 g/mol. The van der Waals surface area contributed by atoms with Gasteiger partial charge in [0.2, 0.25) is 0 Å². The summed E-state index contributed by atoms with van der Waals surface area (Å²) in [5.74, 6) is 0. The molecule has 4 nitrogen and oxygen atoms in total. The van der Waals surface area contributed by atoms with E-state index < -0.39 is 0 Å². The molecular formula is C14H23ClN4S2. The van der Waals surface area contributed by atoms with E-state index in [2.05, 4.69) is 23.2 Å². The molecule has 0 aromatic carbocycles. The van der Waals surface area contributed by atoms with Crippen molar-refractivity contribution >= 4 is 40.6 Å². The Balaban J connectivity index is 2.06. The van der Waals surface area contributed by atoms with Gasteiger partial charge < -0.3 is 5.73 Å². The van der Waals surface area contributed by atoms with Crippen molar-refractivity contribution in [1.29, 1.82) is 0 Å². The highest BCUT2D eigenvalue weighted by atomic mass is 35.5. The van der Waals surface area contributed by atoms with Crippen LogP contribution in [-0.4, -0.2) is 43.8 Å². The van der Waals surface area contributed by atoms with Gasteiger partial charge in [-0.3, -0.25) is 9.58 Å². The molecule has 1 aromatic rings. The summed E-state index contributed by atoms with van der Waals surface area (Å²) in [6, 6.07) is 0. The Hall–Kier alpha value is -0.300. The molecule has 0 aliphatic carbocycles. The third kappa shape index (κ3) is 3.38. The molecule has 7 heteroatoms. The second kappa shape index (κ2) is 6.86. The largest absolute Gasteiger partial charge is 0.392 e. The molecule has 0 spiro atoms. The van der Waals surface area contributed by atoms with E-state index in [1.165, 1.54) is 0 Å². The van der Waals surface area contributed by atoms with Gasteiger partial charge in [-0.25, -0.2) is 0 Å². The van der Waals surface area contributed by atoms with Crippen molar-refractivity contribution in [2.24, 2.45) is 5.73 Å². The van der Waals surface area contributed by atoms with Gasteiger partial charge in [-0.1, -0.05) is 23.8 Å². The van der Waals surface area contributed by atoms with Crippen LogP contribution in [0.5, 0.6) is 0 Å². The average Bonchev–Trinajstić information content (AvgIpc) is 2.75. The zero-order valence-electron chi connectivity index (χ0n) is 12.9. The Labute approximate surface area is 141 Å². The molecule has 1 aliphatic heterocycles. The van der Waals surface area contributed by atoms with Crippen LogP contribution < -0.4 is 5.73 Å². The van der Waals surface area contributed by atoms with Gasteiger partial charge >= 0.3 is 0 Å². The van der Waals surface area contributed by atoms with E-state index in [-0.39, 0.29) is 4.75 Å². The lowest BCUT2D eigenvalue weighted by Crippen LogP contribution is -2.49. The van der Waals surface area contributed by atoms with Gasteiger partial charge in [0, 0.05) is 26.2 Å². The fraction of sp³-hybridized carbons (Fsp3) is 0.714. The molecule has 1 aliphatic rings. The zero-order valence-corrected chi connectivity index (χ0v) is 15.2. The van der Waals surface area contributed by atoms with Gasteiger partial charge in [-0.05, 0) is 32.9 Å². The molecule has 0 amide bonds. The highest BCUT2D eigenvalue weighted by Crippen LogP contribution is 2.35. The molecule has 2 rings (SSSR count). The standard InChI is InChI=1S/C14H23ClN4S2/c1-4-19-11(12(15)10(2)17-19)9-18-7-5-14(21-3,6-8-18)13(16)20/h4-9H2,1-3H3,(H2,16,20). The molecule has 2 heterocycles. The molecule has 1 saturated heterocycles. The van der Waals surface area contributed by atoms with Gasteiger partial charge in [0.25, 0.3) is 0 Å². The van der Waals surface area contributed by atoms with Gasteiger partial charge in [0.05, 0.1) is 26.1 Å². The molecule has 0 radical (unpaired) electrons. The summed E-state index contributed by atoms with van der Waals surface area (Å²) in [7, 11) is 0. The van der Waals surface area contributed by atoms with E-state index in [0.717, 1.165) is 55.4 Å². The topological polar surface area (TPSA) is 47.1 Å². The van der Waals surface area contributed by atoms with Crippen molar-refractivity contribution in [2.45, 2.75) is 44.5 Å². The van der Waals surface area contributed by atoms with Gasteiger partial charge in [0.1, 0.15) is 0 Å². The fourth-order valence-corrected chi connectivity index (χ4v) is 4.30. The number of hydrogen-bond acceptors (Lipinski definition) is 4. The number of likely N-dealkylation sites (tertiary alicyclic amines) is 1. The maximum atomic E-state index is 6.39. The van der Waals surface area contributed by atoms with Crippen LogP contribution in [0.4, 0.5) is 0 Å². The third-order valence-corrected chi connectivity index (χ3v) is 6.75. The van der Waals surface area contributed by atoms with Gasteiger partial charge in [0.15, 0.2) is 0 Å². The average molecular weight is 347 g/mol. The number of halogens is 1. The van der Waals surface area contributed by atoms with E-state index in [0.29, 0.717) is 4.99 Å². The predicted octanol–water partition coefficient (Wildman–Crippen LogP) is 2.85. The number of nitrogens with zero attached hydrogens (tertiary/aromatic N) is 3. The number of nitrogens with two attached hydrogens (primary N) is 1. The smallest absolute Gasteiger partial charge is 0.0891 e. The summed E-state index contributed by atoms with van der Waals surface area (Å²) in [5.41, 5.74) is 7.96. The first-order valence-electron chi connectivity index (χ1n) is 7.22. The van der Waals surface area contributed by atoms with E-state index >= 15 is 0 Å². The SMILES string of the molecule is CCn1nc(C)c(Cl)c1CN1CCC(SC)(C(N)=S)CC1. The number of aryl methyl sites for hydroxylation is 2. The lowest BCUT2D eigenvalue weighted by molar-refractivity contribution is 0.207. The highest BCUT2D eigenvalue weighted by molar-refractivity contribution is 8.02. The lowest BCUT2D eigenvalue weighted by Gasteiger charge is -2.40. The maximum absolute atomic E-state index is 6.39. The monoisotopic (exact) mass is 346 g/mol. The van der Waals surface area contributed by atoms with Crippen molar-refractivity contribution in [3.05, 3.63) is 16.4 Å². The first-order chi connectivity index (χ1) is 9.93. The minimum Gasteiger partial charge on any atom is -0.392 e. The number of aromatic nitrogens is 2. The first kappa shape index (κ1) is 17.1. The molecule has 1 aromatic heterocycles. The van der Waals surface area contributed by atoms with Crippen LogP contribution in [0.15, 0.2) is 0 Å². The summed E-state index contributed by atoms with van der Waals surface area (Å²) in [6.45, 7) is 7.71. The van der Waals surface area contributed by atoms with Crippen LogP contribution in [0.1, 0.15) is 31.2 Å². The molecule has 118 valence electrons. The highest BCUT2D eigenvalue weighted by Gasteiger charge is 2.36. The Morgan fingerprint density at radius 2 is 2.10 bits per heavy atom. The summed E-state index contributed by atoms with van der Waals surface area (Å²) in [4.78, 5) is 3.06. The minimum atomic E-state index is -0.0312. The third-order valence-electron chi connectivity index (χ3n) is 4.33. The number of hydrogen-bond donors (Lipinski definition) is 1.